The van der Waals surface area contributed by atoms with Gasteiger partial charge in [0.25, 0.3) is 0 Å². The maximum Gasteiger partial charge on any atom is 0.0135 e. The van der Waals surface area contributed by atoms with Crippen molar-refractivity contribution in [2.75, 3.05) is 13.6 Å². The average molecular weight is 238 g/mol. The molecule has 0 saturated heterocycles. The first-order valence-corrected chi connectivity index (χ1v) is 7.66. The van der Waals surface area contributed by atoms with Crippen molar-refractivity contribution in [2.45, 2.75) is 70.4 Å². The van der Waals surface area contributed by atoms with Crippen molar-refractivity contribution in [2.24, 2.45) is 17.6 Å². The summed E-state index contributed by atoms with van der Waals surface area (Å²) < 4.78 is 0. The summed E-state index contributed by atoms with van der Waals surface area (Å²) >= 11 is 0. The van der Waals surface area contributed by atoms with Crippen molar-refractivity contribution >= 4 is 0 Å². The maximum absolute atomic E-state index is 5.91. The van der Waals surface area contributed by atoms with Crippen LogP contribution in [0.2, 0.25) is 0 Å². The van der Waals surface area contributed by atoms with Crippen LogP contribution in [0.15, 0.2) is 0 Å². The van der Waals surface area contributed by atoms with E-state index in [0.29, 0.717) is 0 Å². The summed E-state index contributed by atoms with van der Waals surface area (Å²) in [6, 6.07) is 1.52. The van der Waals surface area contributed by atoms with Crippen LogP contribution < -0.4 is 5.73 Å². The molecule has 2 aliphatic carbocycles. The molecule has 3 atom stereocenters. The Morgan fingerprint density at radius 2 is 1.76 bits per heavy atom. The van der Waals surface area contributed by atoms with Crippen molar-refractivity contribution in [3.8, 4) is 0 Å². The minimum Gasteiger partial charge on any atom is -0.330 e. The molecular formula is C15H30N2. The molecular weight excluding hydrogens is 208 g/mol. The molecule has 2 heteroatoms. The lowest BCUT2D eigenvalue weighted by Gasteiger charge is -2.39. The topological polar surface area (TPSA) is 29.3 Å². The summed E-state index contributed by atoms with van der Waals surface area (Å²) in [4.78, 5) is 2.67. The molecule has 0 heterocycles. The fraction of sp³-hybridized carbons (Fsp3) is 1.00. The molecule has 2 rings (SSSR count). The highest BCUT2D eigenvalue weighted by Crippen LogP contribution is 2.34. The predicted molar refractivity (Wildman–Crippen MR) is 74.0 cm³/mol. The quantitative estimate of drug-likeness (QED) is 0.816. The van der Waals surface area contributed by atoms with E-state index in [-0.39, 0.29) is 0 Å². The molecule has 0 amide bonds. The third-order valence-corrected chi connectivity index (χ3v) is 5.42. The summed E-state index contributed by atoms with van der Waals surface area (Å²) in [6.45, 7) is 3.33. The highest BCUT2D eigenvalue weighted by atomic mass is 15.2. The maximum atomic E-state index is 5.91. The van der Waals surface area contributed by atoms with Gasteiger partial charge >= 0.3 is 0 Å². The third kappa shape index (κ3) is 3.03. The summed E-state index contributed by atoms with van der Waals surface area (Å²) in [5.74, 6) is 1.69. The summed E-state index contributed by atoms with van der Waals surface area (Å²) in [6.07, 6.45) is 11.4. The van der Waals surface area contributed by atoms with E-state index in [1.54, 1.807) is 0 Å². The zero-order valence-corrected chi connectivity index (χ0v) is 11.7. The predicted octanol–water partition coefficient (Wildman–Crippen LogP) is 3.01. The van der Waals surface area contributed by atoms with Crippen molar-refractivity contribution in [1.29, 1.82) is 0 Å². The molecule has 3 unspecified atom stereocenters. The SMILES string of the molecule is CC(C1CCCCC1)N(C)C1CCCC1CN. The Bertz CT molecular complexity index is 223. The van der Waals surface area contributed by atoms with Crippen molar-refractivity contribution < 1.29 is 0 Å². The molecule has 0 spiro atoms. The number of hydrogen-bond donors (Lipinski definition) is 1. The van der Waals surface area contributed by atoms with Crippen molar-refractivity contribution in [1.82, 2.24) is 4.90 Å². The zero-order valence-electron chi connectivity index (χ0n) is 11.7. The smallest absolute Gasteiger partial charge is 0.0135 e. The minimum atomic E-state index is 0.756. The fourth-order valence-corrected chi connectivity index (χ4v) is 4.08. The third-order valence-electron chi connectivity index (χ3n) is 5.42. The molecule has 2 N–H and O–H groups in total. The van der Waals surface area contributed by atoms with Crippen LogP contribution in [0, 0.1) is 11.8 Å². The second-order valence-electron chi connectivity index (χ2n) is 6.30. The zero-order chi connectivity index (χ0) is 12.3. The molecule has 0 aromatic heterocycles. The Morgan fingerprint density at radius 3 is 2.41 bits per heavy atom. The van der Waals surface area contributed by atoms with E-state index >= 15 is 0 Å². The largest absolute Gasteiger partial charge is 0.330 e. The van der Waals surface area contributed by atoms with Crippen LogP contribution in [0.5, 0.6) is 0 Å². The summed E-state index contributed by atoms with van der Waals surface area (Å²) in [5.41, 5.74) is 5.91. The van der Waals surface area contributed by atoms with Gasteiger partial charge < -0.3 is 10.6 Å². The van der Waals surface area contributed by atoms with E-state index in [0.717, 1.165) is 30.5 Å². The lowest BCUT2D eigenvalue weighted by atomic mass is 9.83. The standard InChI is InChI=1S/C15H30N2/c1-12(13-7-4-3-5-8-13)17(2)15-10-6-9-14(15)11-16/h12-15H,3-11,16H2,1-2H3. The monoisotopic (exact) mass is 238 g/mol. The Balaban J connectivity index is 1.91. The van der Waals surface area contributed by atoms with E-state index in [1.807, 2.05) is 0 Å². The van der Waals surface area contributed by atoms with Crippen LogP contribution in [-0.4, -0.2) is 30.6 Å². The summed E-state index contributed by atoms with van der Waals surface area (Å²) in [7, 11) is 2.35. The molecule has 0 aromatic rings. The molecule has 0 aliphatic heterocycles. The van der Waals surface area contributed by atoms with Crippen LogP contribution in [-0.2, 0) is 0 Å². The minimum absolute atomic E-state index is 0.756. The highest BCUT2D eigenvalue weighted by Gasteiger charge is 2.33. The molecule has 17 heavy (non-hydrogen) atoms. The van der Waals surface area contributed by atoms with Gasteiger partial charge in [0.05, 0.1) is 0 Å². The molecule has 0 radical (unpaired) electrons. The van der Waals surface area contributed by atoms with E-state index in [9.17, 15) is 0 Å². The lowest BCUT2D eigenvalue weighted by Crippen LogP contribution is -2.46. The molecule has 0 aromatic carbocycles. The van der Waals surface area contributed by atoms with Gasteiger partial charge in [-0.15, -0.1) is 0 Å². The van der Waals surface area contributed by atoms with Crippen LogP contribution >= 0.6 is 0 Å². The highest BCUT2D eigenvalue weighted by molar-refractivity contribution is 4.88. The normalized spacial score (nSPS) is 33.2. The van der Waals surface area contributed by atoms with E-state index in [1.165, 1.54) is 51.4 Å². The average Bonchev–Trinajstić information content (AvgIpc) is 2.86. The van der Waals surface area contributed by atoms with Gasteiger partial charge in [-0.1, -0.05) is 25.7 Å². The van der Waals surface area contributed by atoms with Crippen LogP contribution in [0.25, 0.3) is 0 Å². The van der Waals surface area contributed by atoms with E-state index in [4.69, 9.17) is 5.73 Å². The van der Waals surface area contributed by atoms with Gasteiger partial charge in [-0.25, -0.2) is 0 Å². The first kappa shape index (κ1) is 13.4. The van der Waals surface area contributed by atoms with Crippen LogP contribution in [0.3, 0.4) is 0 Å². The van der Waals surface area contributed by atoms with E-state index < -0.39 is 0 Å². The van der Waals surface area contributed by atoms with E-state index in [2.05, 4.69) is 18.9 Å². The second kappa shape index (κ2) is 6.19. The number of hydrogen-bond acceptors (Lipinski definition) is 2. The molecule has 2 aliphatic rings. The number of nitrogens with zero attached hydrogens (tertiary/aromatic N) is 1. The lowest BCUT2D eigenvalue weighted by molar-refractivity contribution is 0.0950. The van der Waals surface area contributed by atoms with Gasteiger partial charge in [0.2, 0.25) is 0 Å². The van der Waals surface area contributed by atoms with Gasteiger partial charge in [0.1, 0.15) is 0 Å². The van der Waals surface area contributed by atoms with Gasteiger partial charge in [0, 0.05) is 12.1 Å². The molecule has 2 fully saturated rings. The number of nitrogens with two attached hydrogens (primary N) is 1. The molecule has 2 nitrogen and oxygen atoms in total. The first-order chi connectivity index (χ1) is 8.24. The Morgan fingerprint density at radius 1 is 1.06 bits per heavy atom. The second-order valence-corrected chi connectivity index (χ2v) is 6.30. The van der Waals surface area contributed by atoms with Crippen molar-refractivity contribution in [3.05, 3.63) is 0 Å². The van der Waals surface area contributed by atoms with Crippen LogP contribution in [0.4, 0.5) is 0 Å². The molecule has 2 saturated carbocycles. The van der Waals surface area contributed by atoms with Gasteiger partial charge in [-0.2, -0.15) is 0 Å². The Hall–Kier alpha value is -0.0800. The molecule has 0 bridgehead atoms. The Kier molecular flexibility index (Phi) is 4.87. The Labute approximate surface area is 107 Å². The van der Waals surface area contributed by atoms with Gasteiger partial charge in [-0.3, -0.25) is 0 Å². The van der Waals surface area contributed by atoms with Gasteiger partial charge in [-0.05, 0) is 58.0 Å². The number of rotatable bonds is 4. The van der Waals surface area contributed by atoms with Gasteiger partial charge in [0.15, 0.2) is 0 Å². The van der Waals surface area contributed by atoms with Crippen LogP contribution in [0.1, 0.15) is 58.3 Å². The molecule has 100 valence electrons. The first-order valence-electron chi connectivity index (χ1n) is 7.66. The fourth-order valence-electron chi connectivity index (χ4n) is 4.08. The summed E-state index contributed by atoms with van der Waals surface area (Å²) in [5, 5.41) is 0. The van der Waals surface area contributed by atoms with Crippen molar-refractivity contribution in [3.63, 3.8) is 0 Å².